The van der Waals surface area contributed by atoms with Crippen LogP contribution < -0.4 is 10.1 Å². The quantitative estimate of drug-likeness (QED) is 0.294. The van der Waals surface area contributed by atoms with Crippen molar-refractivity contribution in [3.63, 3.8) is 0 Å². The van der Waals surface area contributed by atoms with Gasteiger partial charge in [0.1, 0.15) is 23.5 Å². The van der Waals surface area contributed by atoms with E-state index in [9.17, 15) is 10.1 Å². The molecule has 0 aliphatic rings. The van der Waals surface area contributed by atoms with E-state index in [1.807, 2.05) is 18.2 Å². The molecule has 0 saturated carbocycles. The second-order valence-electron chi connectivity index (χ2n) is 4.89. The van der Waals surface area contributed by atoms with Crippen molar-refractivity contribution in [3.05, 3.63) is 60.1 Å². The summed E-state index contributed by atoms with van der Waals surface area (Å²) in [6.45, 7) is -0.0672. The molecule has 0 fully saturated rings. The van der Waals surface area contributed by atoms with Crippen LogP contribution in [0.4, 0.5) is 5.69 Å². The standard InChI is InChI=1S/C18H10Br2IN3O2/c19-13-2-1-3-14(9-13)24-18(25)12(10-23)6-11-7-15(20)17(16(21)8-11)26-5-4-22/h1-3,6-9H,5H2,(H,24,25)/b12-6-. The van der Waals surface area contributed by atoms with E-state index < -0.39 is 5.91 Å². The molecule has 2 aromatic carbocycles. The molecule has 5 nitrogen and oxygen atoms in total. The van der Waals surface area contributed by atoms with Gasteiger partial charge in [-0.15, -0.1) is 0 Å². The summed E-state index contributed by atoms with van der Waals surface area (Å²) in [4.78, 5) is 12.3. The molecule has 0 aliphatic carbocycles. The first-order valence-electron chi connectivity index (χ1n) is 7.12. The maximum Gasteiger partial charge on any atom is 0.266 e. The molecular formula is C18H10Br2IN3O2. The van der Waals surface area contributed by atoms with Gasteiger partial charge >= 0.3 is 0 Å². The van der Waals surface area contributed by atoms with Crippen LogP contribution in [0.15, 0.2) is 50.9 Å². The molecule has 0 unspecified atom stereocenters. The average Bonchev–Trinajstić information content (AvgIpc) is 2.59. The predicted octanol–water partition coefficient (Wildman–Crippen LogP) is 5.26. The SMILES string of the molecule is N#CCOc1c(Br)cc(/C=C(/C#N)C(=O)Nc2cccc(Br)c2)cc1I. The van der Waals surface area contributed by atoms with E-state index in [2.05, 4.69) is 59.8 Å². The van der Waals surface area contributed by atoms with Gasteiger partial charge in [-0.1, -0.05) is 22.0 Å². The molecule has 26 heavy (non-hydrogen) atoms. The number of amides is 1. The smallest absolute Gasteiger partial charge is 0.266 e. The Morgan fingerprint density at radius 3 is 2.65 bits per heavy atom. The number of rotatable bonds is 5. The third-order valence-corrected chi connectivity index (χ3v) is 4.94. The van der Waals surface area contributed by atoms with Gasteiger partial charge in [-0.25, -0.2) is 0 Å². The molecule has 8 heteroatoms. The van der Waals surface area contributed by atoms with E-state index in [0.717, 1.165) is 8.04 Å². The lowest BCUT2D eigenvalue weighted by Crippen LogP contribution is -2.13. The van der Waals surface area contributed by atoms with Crippen molar-refractivity contribution in [2.45, 2.75) is 0 Å². The van der Waals surface area contributed by atoms with Crippen LogP contribution in [0, 0.1) is 26.2 Å². The number of hydrogen-bond donors (Lipinski definition) is 1. The molecule has 0 aromatic heterocycles. The molecule has 0 heterocycles. The van der Waals surface area contributed by atoms with Crippen LogP contribution >= 0.6 is 54.5 Å². The Balaban J connectivity index is 2.27. The van der Waals surface area contributed by atoms with Crippen LogP contribution in [0.1, 0.15) is 5.56 Å². The van der Waals surface area contributed by atoms with E-state index >= 15 is 0 Å². The molecule has 0 atom stereocenters. The number of nitriles is 2. The van der Waals surface area contributed by atoms with E-state index in [1.54, 1.807) is 30.3 Å². The zero-order valence-corrected chi connectivity index (χ0v) is 18.4. The van der Waals surface area contributed by atoms with E-state index in [1.165, 1.54) is 6.08 Å². The molecular weight excluding hydrogens is 577 g/mol. The van der Waals surface area contributed by atoms with Gasteiger partial charge < -0.3 is 10.1 Å². The van der Waals surface area contributed by atoms with Gasteiger partial charge in [0, 0.05) is 10.2 Å². The Morgan fingerprint density at radius 2 is 2.04 bits per heavy atom. The summed E-state index contributed by atoms with van der Waals surface area (Å²) >= 11 is 8.78. The van der Waals surface area contributed by atoms with Crippen LogP contribution in [0.3, 0.4) is 0 Å². The number of benzene rings is 2. The van der Waals surface area contributed by atoms with Crippen LogP contribution in [0.2, 0.25) is 0 Å². The van der Waals surface area contributed by atoms with Gasteiger partial charge in [-0.05, 0) is 80.5 Å². The van der Waals surface area contributed by atoms with Crippen LogP contribution in [-0.2, 0) is 4.79 Å². The number of carbonyl (C=O) groups excluding carboxylic acids is 1. The fourth-order valence-electron chi connectivity index (χ4n) is 1.99. The number of hydrogen-bond acceptors (Lipinski definition) is 4. The number of carbonyl (C=O) groups is 1. The Hall–Kier alpha value is -1.88. The first-order valence-corrected chi connectivity index (χ1v) is 9.78. The van der Waals surface area contributed by atoms with Crippen molar-refractivity contribution in [2.24, 2.45) is 0 Å². The summed E-state index contributed by atoms with van der Waals surface area (Å²) in [5.74, 6) is 0.0444. The highest BCUT2D eigenvalue weighted by Crippen LogP contribution is 2.32. The molecule has 0 bridgehead atoms. The Labute approximate surface area is 181 Å². The lowest BCUT2D eigenvalue weighted by molar-refractivity contribution is -0.112. The second kappa shape index (κ2) is 9.72. The maximum absolute atomic E-state index is 12.3. The molecule has 1 amide bonds. The summed E-state index contributed by atoms with van der Waals surface area (Å²) in [5.41, 5.74) is 1.21. The van der Waals surface area contributed by atoms with Gasteiger partial charge in [0.25, 0.3) is 5.91 Å². The molecule has 1 N–H and O–H groups in total. The number of anilines is 1. The number of halogens is 3. The van der Waals surface area contributed by atoms with Gasteiger partial charge in [-0.2, -0.15) is 10.5 Å². The van der Waals surface area contributed by atoms with Gasteiger partial charge in [0.15, 0.2) is 6.61 Å². The zero-order chi connectivity index (χ0) is 19.1. The van der Waals surface area contributed by atoms with Crippen molar-refractivity contribution in [1.29, 1.82) is 10.5 Å². The van der Waals surface area contributed by atoms with Gasteiger partial charge in [0.2, 0.25) is 0 Å². The van der Waals surface area contributed by atoms with E-state index in [-0.39, 0.29) is 12.2 Å². The third kappa shape index (κ3) is 5.56. The lowest BCUT2D eigenvalue weighted by atomic mass is 10.1. The van der Waals surface area contributed by atoms with E-state index in [0.29, 0.717) is 21.5 Å². The molecule has 130 valence electrons. The monoisotopic (exact) mass is 585 g/mol. The predicted molar refractivity (Wildman–Crippen MR) is 114 cm³/mol. The number of nitrogens with one attached hydrogen (secondary N) is 1. The number of ether oxygens (including phenoxy) is 1. The average molecular weight is 587 g/mol. The van der Waals surface area contributed by atoms with Gasteiger partial charge in [-0.3, -0.25) is 4.79 Å². The summed E-state index contributed by atoms with van der Waals surface area (Å²) in [7, 11) is 0. The Bertz CT molecular complexity index is 939. The molecule has 0 radical (unpaired) electrons. The fraction of sp³-hybridized carbons (Fsp3) is 0.0556. The highest BCUT2D eigenvalue weighted by molar-refractivity contribution is 14.1. The molecule has 0 aliphatic heterocycles. The number of nitrogens with zero attached hydrogens (tertiary/aromatic N) is 2. The molecule has 0 saturated heterocycles. The Morgan fingerprint density at radius 1 is 1.27 bits per heavy atom. The molecule has 2 aromatic rings. The van der Waals surface area contributed by atoms with E-state index in [4.69, 9.17) is 10.00 Å². The topological polar surface area (TPSA) is 85.9 Å². The fourth-order valence-corrected chi connectivity index (χ4v) is 4.15. The summed E-state index contributed by atoms with van der Waals surface area (Å²) < 4.78 is 7.57. The van der Waals surface area contributed by atoms with Crippen molar-refractivity contribution >= 4 is 72.1 Å². The van der Waals surface area contributed by atoms with Gasteiger partial charge in [0.05, 0.1) is 8.04 Å². The third-order valence-electron chi connectivity index (χ3n) is 3.06. The summed E-state index contributed by atoms with van der Waals surface area (Å²) in [6, 6.07) is 14.4. The zero-order valence-electron chi connectivity index (χ0n) is 13.1. The van der Waals surface area contributed by atoms with Crippen LogP contribution in [0.5, 0.6) is 5.75 Å². The maximum atomic E-state index is 12.3. The highest BCUT2D eigenvalue weighted by Gasteiger charge is 2.12. The largest absolute Gasteiger partial charge is 0.476 e. The minimum absolute atomic E-state index is 0.0293. The van der Waals surface area contributed by atoms with Crippen molar-refractivity contribution in [1.82, 2.24) is 0 Å². The summed E-state index contributed by atoms with van der Waals surface area (Å²) in [6.07, 6.45) is 1.49. The second-order valence-corrected chi connectivity index (χ2v) is 7.83. The van der Waals surface area contributed by atoms with Crippen molar-refractivity contribution in [2.75, 3.05) is 11.9 Å². The first kappa shape index (κ1) is 20.4. The van der Waals surface area contributed by atoms with Crippen LogP contribution in [0.25, 0.3) is 6.08 Å². The van der Waals surface area contributed by atoms with Crippen molar-refractivity contribution in [3.8, 4) is 17.9 Å². The summed E-state index contributed by atoms with van der Waals surface area (Å²) in [5, 5.41) is 20.7. The molecule has 2 rings (SSSR count). The highest BCUT2D eigenvalue weighted by atomic mass is 127. The molecule has 0 spiro atoms. The Kier molecular flexibility index (Phi) is 7.64. The van der Waals surface area contributed by atoms with Crippen molar-refractivity contribution < 1.29 is 9.53 Å². The normalized spacial score (nSPS) is 10.6. The lowest BCUT2D eigenvalue weighted by Gasteiger charge is -2.09. The van der Waals surface area contributed by atoms with Crippen LogP contribution in [-0.4, -0.2) is 12.5 Å². The minimum atomic E-state index is -0.499. The first-order chi connectivity index (χ1) is 12.4. The minimum Gasteiger partial charge on any atom is -0.476 e.